The van der Waals surface area contributed by atoms with Crippen LogP contribution < -0.4 is 16.2 Å². The van der Waals surface area contributed by atoms with E-state index >= 15 is 0 Å². The molecule has 0 saturated carbocycles. The van der Waals surface area contributed by atoms with Crippen molar-refractivity contribution in [2.75, 3.05) is 18.4 Å². The maximum Gasteiger partial charge on any atom is 0.240 e. The summed E-state index contributed by atoms with van der Waals surface area (Å²) in [7, 11) is -3.72. The largest absolute Gasteiger partial charge is 0.383 e. The Kier molecular flexibility index (Phi) is 5.34. The zero-order chi connectivity index (χ0) is 14.5. The molecule has 6 heteroatoms. The first kappa shape index (κ1) is 15.9. The monoisotopic (exact) mass is 285 g/mol. The summed E-state index contributed by atoms with van der Waals surface area (Å²) < 4.78 is 23.0. The van der Waals surface area contributed by atoms with Crippen LogP contribution >= 0.6 is 0 Å². The Morgan fingerprint density at radius 1 is 1.21 bits per heavy atom. The van der Waals surface area contributed by atoms with Crippen LogP contribution in [0, 0.1) is 5.41 Å². The van der Waals surface area contributed by atoms with Gasteiger partial charge in [0.1, 0.15) is 4.90 Å². The van der Waals surface area contributed by atoms with Crippen molar-refractivity contribution in [3.63, 3.8) is 0 Å². The number of nitrogens with one attached hydrogen (secondary N) is 1. The van der Waals surface area contributed by atoms with Crippen molar-refractivity contribution in [2.24, 2.45) is 16.3 Å². The zero-order valence-corrected chi connectivity index (χ0v) is 12.3. The molecule has 0 aliphatic heterocycles. The van der Waals surface area contributed by atoms with Crippen molar-refractivity contribution in [2.45, 2.75) is 31.6 Å². The van der Waals surface area contributed by atoms with Gasteiger partial charge < -0.3 is 11.1 Å². The molecule has 19 heavy (non-hydrogen) atoms. The van der Waals surface area contributed by atoms with E-state index in [2.05, 4.69) is 19.2 Å². The standard InChI is InChI=1S/C13H23N3O2S/c1-3-13(4-2,9-14)10-16-11-7-5-6-8-12(11)19(15,17)18/h5-8,16H,3-4,9-10,14H2,1-2H3,(H2,15,17,18). The van der Waals surface area contributed by atoms with E-state index in [9.17, 15) is 8.42 Å². The molecule has 5 nitrogen and oxygen atoms in total. The molecule has 1 rings (SSSR count). The summed E-state index contributed by atoms with van der Waals surface area (Å²) in [6.45, 7) is 5.36. The van der Waals surface area contributed by atoms with Crippen LogP contribution in [0.1, 0.15) is 26.7 Å². The lowest BCUT2D eigenvalue weighted by Gasteiger charge is -2.31. The van der Waals surface area contributed by atoms with Gasteiger partial charge in [0.05, 0.1) is 5.69 Å². The lowest BCUT2D eigenvalue weighted by Crippen LogP contribution is -2.36. The molecule has 0 unspecified atom stereocenters. The summed E-state index contributed by atoms with van der Waals surface area (Å²) in [5.41, 5.74) is 6.34. The molecule has 0 fully saturated rings. The van der Waals surface area contributed by atoms with Crippen molar-refractivity contribution in [3.8, 4) is 0 Å². The van der Waals surface area contributed by atoms with Gasteiger partial charge >= 0.3 is 0 Å². The predicted molar refractivity (Wildman–Crippen MR) is 78.4 cm³/mol. The molecule has 0 bridgehead atoms. The number of rotatable bonds is 7. The molecule has 1 aromatic carbocycles. The smallest absolute Gasteiger partial charge is 0.240 e. The van der Waals surface area contributed by atoms with Crippen molar-refractivity contribution in [1.82, 2.24) is 0 Å². The number of anilines is 1. The van der Waals surface area contributed by atoms with E-state index in [-0.39, 0.29) is 10.3 Å². The molecule has 0 heterocycles. The number of primary sulfonamides is 1. The third kappa shape index (κ3) is 3.92. The van der Waals surface area contributed by atoms with Crippen LogP contribution in [0.2, 0.25) is 0 Å². The molecule has 0 aliphatic rings. The van der Waals surface area contributed by atoms with E-state index in [1.165, 1.54) is 6.07 Å². The lowest BCUT2D eigenvalue weighted by atomic mass is 9.82. The van der Waals surface area contributed by atoms with Gasteiger partial charge in [0.2, 0.25) is 10.0 Å². The molecule has 0 aromatic heterocycles. The topological polar surface area (TPSA) is 98.2 Å². The molecule has 0 saturated heterocycles. The predicted octanol–water partition coefficient (Wildman–Crippen LogP) is 1.51. The highest BCUT2D eigenvalue weighted by Crippen LogP contribution is 2.27. The molecule has 0 aliphatic carbocycles. The Balaban J connectivity index is 2.96. The average molecular weight is 285 g/mol. The Morgan fingerprint density at radius 3 is 2.26 bits per heavy atom. The SMILES string of the molecule is CCC(CC)(CN)CNc1ccccc1S(N)(=O)=O. The first-order valence-corrected chi connectivity index (χ1v) is 7.99. The Morgan fingerprint density at radius 2 is 1.79 bits per heavy atom. The second-order valence-corrected chi connectivity index (χ2v) is 6.34. The average Bonchev–Trinajstić information content (AvgIpc) is 2.40. The number of sulfonamides is 1. The highest BCUT2D eigenvalue weighted by atomic mass is 32.2. The van der Waals surface area contributed by atoms with Crippen molar-refractivity contribution >= 4 is 15.7 Å². The van der Waals surface area contributed by atoms with Crippen LogP contribution in [-0.2, 0) is 10.0 Å². The molecular weight excluding hydrogens is 262 g/mol. The van der Waals surface area contributed by atoms with Gasteiger partial charge in [0, 0.05) is 6.54 Å². The summed E-state index contributed by atoms with van der Waals surface area (Å²) in [4.78, 5) is 0.119. The van der Waals surface area contributed by atoms with Gasteiger partial charge in [-0.05, 0) is 36.9 Å². The van der Waals surface area contributed by atoms with Crippen LogP contribution in [0.4, 0.5) is 5.69 Å². The number of hydrogen-bond donors (Lipinski definition) is 3. The first-order valence-electron chi connectivity index (χ1n) is 6.44. The minimum Gasteiger partial charge on any atom is -0.383 e. The quantitative estimate of drug-likeness (QED) is 0.707. The second-order valence-electron chi connectivity index (χ2n) is 4.81. The molecule has 0 atom stereocenters. The third-order valence-electron chi connectivity index (χ3n) is 3.78. The van der Waals surface area contributed by atoms with Gasteiger partial charge in [-0.3, -0.25) is 0 Å². The molecule has 1 aromatic rings. The molecule has 5 N–H and O–H groups in total. The Hall–Kier alpha value is -1.11. The van der Waals surface area contributed by atoms with E-state index in [4.69, 9.17) is 10.9 Å². The fraction of sp³-hybridized carbons (Fsp3) is 0.538. The molecular formula is C13H23N3O2S. The van der Waals surface area contributed by atoms with Gasteiger partial charge in [-0.15, -0.1) is 0 Å². The second kappa shape index (κ2) is 6.36. The van der Waals surface area contributed by atoms with Crippen molar-refractivity contribution in [3.05, 3.63) is 24.3 Å². The maximum atomic E-state index is 11.5. The van der Waals surface area contributed by atoms with E-state index < -0.39 is 10.0 Å². The fourth-order valence-electron chi connectivity index (χ4n) is 2.00. The van der Waals surface area contributed by atoms with Gasteiger partial charge in [0.25, 0.3) is 0 Å². The number of nitrogens with two attached hydrogens (primary N) is 2. The van der Waals surface area contributed by atoms with Crippen LogP contribution in [0.15, 0.2) is 29.2 Å². The van der Waals surface area contributed by atoms with Crippen molar-refractivity contribution < 1.29 is 8.42 Å². The van der Waals surface area contributed by atoms with Gasteiger partial charge in [0.15, 0.2) is 0 Å². The van der Waals surface area contributed by atoms with Crippen molar-refractivity contribution in [1.29, 1.82) is 0 Å². The maximum absolute atomic E-state index is 11.5. The number of para-hydroxylation sites is 1. The Labute approximate surface area is 115 Å². The normalized spacial score (nSPS) is 12.4. The Bertz CT molecular complexity index is 502. The van der Waals surface area contributed by atoms with E-state index in [1.807, 2.05) is 0 Å². The zero-order valence-electron chi connectivity index (χ0n) is 11.5. The fourth-order valence-corrected chi connectivity index (χ4v) is 2.72. The first-order chi connectivity index (χ1) is 8.88. The highest BCUT2D eigenvalue weighted by Gasteiger charge is 2.25. The van der Waals surface area contributed by atoms with E-state index in [0.29, 0.717) is 18.8 Å². The van der Waals surface area contributed by atoms with Crippen LogP contribution in [0.25, 0.3) is 0 Å². The van der Waals surface area contributed by atoms with Gasteiger partial charge in [-0.25, -0.2) is 13.6 Å². The van der Waals surface area contributed by atoms with E-state index in [1.54, 1.807) is 18.2 Å². The van der Waals surface area contributed by atoms with Gasteiger partial charge in [-0.2, -0.15) is 0 Å². The summed E-state index contributed by atoms with van der Waals surface area (Å²) >= 11 is 0. The minimum atomic E-state index is -3.72. The minimum absolute atomic E-state index is 0.0223. The summed E-state index contributed by atoms with van der Waals surface area (Å²) in [5, 5.41) is 8.38. The van der Waals surface area contributed by atoms with Gasteiger partial charge in [-0.1, -0.05) is 26.0 Å². The van der Waals surface area contributed by atoms with Crippen LogP contribution in [0.5, 0.6) is 0 Å². The molecule has 0 amide bonds. The molecule has 108 valence electrons. The number of benzene rings is 1. The van der Waals surface area contributed by atoms with Crippen LogP contribution in [0.3, 0.4) is 0 Å². The lowest BCUT2D eigenvalue weighted by molar-refractivity contribution is 0.294. The number of hydrogen-bond acceptors (Lipinski definition) is 4. The summed E-state index contributed by atoms with van der Waals surface area (Å²) in [5.74, 6) is 0. The third-order valence-corrected chi connectivity index (χ3v) is 4.75. The van der Waals surface area contributed by atoms with Crippen LogP contribution in [-0.4, -0.2) is 21.5 Å². The summed E-state index contributed by atoms with van der Waals surface area (Å²) in [6.07, 6.45) is 1.87. The molecule has 0 spiro atoms. The highest BCUT2D eigenvalue weighted by molar-refractivity contribution is 7.89. The van der Waals surface area contributed by atoms with E-state index in [0.717, 1.165) is 12.8 Å². The molecule has 0 radical (unpaired) electrons. The summed E-state index contributed by atoms with van der Waals surface area (Å²) in [6, 6.07) is 6.64.